The summed E-state index contributed by atoms with van der Waals surface area (Å²) in [6.45, 7) is 4.15. The van der Waals surface area contributed by atoms with Gasteiger partial charge in [-0.2, -0.15) is 0 Å². The summed E-state index contributed by atoms with van der Waals surface area (Å²) in [4.78, 5) is 0. The zero-order valence-corrected chi connectivity index (χ0v) is 7.38. The molecular weight excluding hydrogens is 140 g/mol. The Morgan fingerprint density at radius 1 is 1.36 bits per heavy atom. The van der Waals surface area contributed by atoms with E-state index in [2.05, 4.69) is 0 Å². The Balaban J connectivity index is 2.54. The van der Waals surface area contributed by atoms with E-state index in [9.17, 15) is 5.11 Å². The maximum absolute atomic E-state index is 9.74. The van der Waals surface area contributed by atoms with Crippen LogP contribution in [-0.4, -0.2) is 22.9 Å². The molecule has 1 aliphatic carbocycles. The minimum absolute atomic E-state index is 0.145. The van der Waals surface area contributed by atoms with Gasteiger partial charge in [0.25, 0.3) is 0 Å². The molecule has 0 radical (unpaired) electrons. The average molecular weight is 158 g/mol. The van der Waals surface area contributed by atoms with Crippen LogP contribution in [0.1, 0.15) is 33.1 Å². The van der Waals surface area contributed by atoms with Crippen LogP contribution in [0.2, 0.25) is 0 Å². The largest absolute Gasteiger partial charge is 0.396 e. The summed E-state index contributed by atoms with van der Waals surface area (Å²) in [6, 6.07) is 0. The highest BCUT2D eigenvalue weighted by Gasteiger charge is 2.43. The van der Waals surface area contributed by atoms with Crippen LogP contribution >= 0.6 is 0 Å². The van der Waals surface area contributed by atoms with E-state index in [1.165, 1.54) is 0 Å². The molecule has 0 amide bonds. The fourth-order valence-electron chi connectivity index (χ4n) is 1.89. The molecule has 2 N–H and O–H groups in total. The van der Waals surface area contributed by atoms with Crippen molar-refractivity contribution >= 4 is 0 Å². The third-order valence-electron chi connectivity index (χ3n) is 2.92. The monoisotopic (exact) mass is 158 g/mol. The molecule has 0 saturated heterocycles. The van der Waals surface area contributed by atoms with E-state index in [0.717, 1.165) is 19.3 Å². The quantitative estimate of drug-likeness (QED) is 0.647. The molecule has 0 aromatic rings. The van der Waals surface area contributed by atoms with Crippen molar-refractivity contribution in [3.8, 4) is 0 Å². The minimum Gasteiger partial charge on any atom is -0.396 e. The van der Waals surface area contributed by atoms with Gasteiger partial charge in [-0.1, -0.05) is 20.3 Å². The van der Waals surface area contributed by atoms with E-state index < -0.39 is 0 Å². The SMILES string of the molecule is CC(C)[C@@H](O)C1(CO)CCC1. The number of aliphatic hydroxyl groups excluding tert-OH is 2. The van der Waals surface area contributed by atoms with Crippen molar-refractivity contribution in [3.05, 3.63) is 0 Å². The molecule has 1 aliphatic rings. The summed E-state index contributed by atoms with van der Waals surface area (Å²) >= 11 is 0. The van der Waals surface area contributed by atoms with Crippen LogP contribution < -0.4 is 0 Å². The molecule has 1 rings (SSSR count). The van der Waals surface area contributed by atoms with Crippen LogP contribution in [0.15, 0.2) is 0 Å². The molecule has 2 nitrogen and oxygen atoms in total. The zero-order valence-electron chi connectivity index (χ0n) is 7.38. The molecule has 0 aromatic carbocycles. The predicted molar refractivity (Wildman–Crippen MR) is 44.2 cm³/mol. The van der Waals surface area contributed by atoms with Gasteiger partial charge >= 0.3 is 0 Å². The second-order valence-corrected chi connectivity index (χ2v) is 4.06. The van der Waals surface area contributed by atoms with Crippen LogP contribution in [0.3, 0.4) is 0 Å². The van der Waals surface area contributed by atoms with Crippen molar-refractivity contribution in [2.24, 2.45) is 11.3 Å². The molecule has 0 aromatic heterocycles. The van der Waals surface area contributed by atoms with Crippen molar-refractivity contribution in [3.63, 3.8) is 0 Å². The topological polar surface area (TPSA) is 40.5 Å². The molecule has 11 heavy (non-hydrogen) atoms. The summed E-state index contributed by atoms with van der Waals surface area (Å²) in [5.41, 5.74) is -0.145. The molecule has 1 saturated carbocycles. The highest BCUT2D eigenvalue weighted by molar-refractivity contribution is 4.94. The lowest BCUT2D eigenvalue weighted by Crippen LogP contribution is -2.46. The highest BCUT2D eigenvalue weighted by Crippen LogP contribution is 2.45. The number of aliphatic hydroxyl groups is 2. The van der Waals surface area contributed by atoms with Crippen molar-refractivity contribution < 1.29 is 10.2 Å². The Morgan fingerprint density at radius 3 is 2.00 bits per heavy atom. The van der Waals surface area contributed by atoms with Gasteiger partial charge in [0.1, 0.15) is 0 Å². The van der Waals surface area contributed by atoms with Gasteiger partial charge in [-0.25, -0.2) is 0 Å². The van der Waals surface area contributed by atoms with Crippen molar-refractivity contribution in [1.29, 1.82) is 0 Å². The standard InChI is InChI=1S/C9H18O2/c1-7(2)8(11)9(6-10)4-3-5-9/h7-8,10-11H,3-6H2,1-2H3/t8-/m1/s1. The average Bonchev–Trinajstić information content (AvgIpc) is 1.86. The van der Waals surface area contributed by atoms with Gasteiger partial charge in [-0.05, 0) is 18.8 Å². The molecule has 0 heterocycles. The first-order chi connectivity index (χ1) is 5.12. The second-order valence-electron chi connectivity index (χ2n) is 4.06. The van der Waals surface area contributed by atoms with Crippen LogP contribution in [0.4, 0.5) is 0 Å². The van der Waals surface area contributed by atoms with Gasteiger partial charge in [-0.3, -0.25) is 0 Å². The number of rotatable bonds is 3. The molecule has 0 bridgehead atoms. The van der Waals surface area contributed by atoms with Gasteiger partial charge in [0, 0.05) is 5.41 Å². The van der Waals surface area contributed by atoms with E-state index in [0.29, 0.717) is 0 Å². The normalized spacial score (nSPS) is 24.8. The van der Waals surface area contributed by atoms with E-state index in [1.54, 1.807) is 0 Å². The molecule has 0 unspecified atom stereocenters. The lowest BCUT2D eigenvalue weighted by molar-refractivity contribution is -0.0915. The van der Waals surface area contributed by atoms with Crippen molar-refractivity contribution in [1.82, 2.24) is 0 Å². The number of hydrogen-bond donors (Lipinski definition) is 2. The van der Waals surface area contributed by atoms with Crippen LogP contribution in [0.25, 0.3) is 0 Å². The molecule has 1 atom stereocenters. The molecule has 0 aliphatic heterocycles. The Hall–Kier alpha value is -0.0800. The van der Waals surface area contributed by atoms with Crippen molar-refractivity contribution in [2.75, 3.05) is 6.61 Å². The maximum atomic E-state index is 9.74. The fourth-order valence-corrected chi connectivity index (χ4v) is 1.89. The molecule has 2 heteroatoms. The summed E-state index contributed by atoms with van der Waals surface area (Å²) in [5.74, 6) is 0.266. The first-order valence-electron chi connectivity index (χ1n) is 4.41. The summed E-state index contributed by atoms with van der Waals surface area (Å²) in [7, 11) is 0. The van der Waals surface area contributed by atoms with Gasteiger partial charge < -0.3 is 10.2 Å². The Morgan fingerprint density at radius 2 is 1.91 bits per heavy atom. The molecule has 66 valence electrons. The van der Waals surface area contributed by atoms with Gasteiger partial charge in [0.15, 0.2) is 0 Å². The smallest absolute Gasteiger partial charge is 0.0641 e. The van der Waals surface area contributed by atoms with Gasteiger partial charge in [0.05, 0.1) is 12.7 Å². The van der Waals surface area contributed by atoms with E-state index in [-0.39, 0.29) is 24.0 Å². The van der Waals surface area contributed by atoms with Crippen molar-refractivity contribution in [2.45, 2.75) is 39.2 Å². The lowest BCUT2D eigenvalue weighted by Gasteiger charge is -2.45. The van der Waals surface area contributed by atoms with Gasteiger partial charge in [0.2, 0.25) is 0 Å². The first-order valence-corrected chi connectivity index (χ1v) is 4.41. The second kappa shape index (κ2) is 3.11. The summed E-state index contributed by atoms with van der Waals surface area (Å²) < 4.78 is 0. The summed E-state index contributed by atoms with van der Waals surface area (Å²) in [6.07, 6.45) is 2.82. The number of hydrogen-bond acceptors (Lipinski definition) is 2. The van der Waals surface area contributed by atoms with E-state index in [4.69, 9.17) is 5.11 Å². The Labute approximate surface area is 68.2 Å². The fraction of sp³-hybridized carbons (Fsp3) is 1.00. The Bertz CT molecular complexity index is 122. The van der Waals surface area contributed by atoms with E-state index in [1.807, 2.05) is 13.8 Å². The molecule has 1 fully saturated rings. The lowest BCUT2D eigenvalue weighted by atomic mass is 9.63. The molecule has 0 spiro atoms. The third-order valence-corrected chi connectivity index (χ3v) is 2.92. The minimum atomic E-state index is -0.318. The van der Waals surface area contributed by atoms with Crippen LogP contribution in [-0.2, 0) is 0 Å². The maximum Gasteiger partial charge on any atom is 0.0641 e. The first kappa shape index (κ1) is 9.01. The summed E-state index contributed by atoms with van der Waals surface area (Å²) in [5, 5.41) is 18.8. The van der Waals surface area contributed by atoms with Gasteiger partial charge in [-0.15, -0.1) is 0 Å². The molecular formula is C9H18O2. The van der Waals surface area contributed by atoms with Crippen LogP contribution in [0.5, 0.6) is 0 Å². The predicted octanol–water partition coefficient (Wildman–Crippen LogP) is 1.17. The zero-order chi connectivity index (χ0) is 8.48. The van der Waals surface area contributed by atoms with E-state index >= 15 is 0 Å². The van der Waals surface area contributed by atoms with Crippen LogP contribution in [0, 0.1) is 11.3 Å². The highest BCUT2D eigenvalue weighted by atomic mass is 16.3. The third kappa shape index (κ3) is 1.42. The Kier molecular flexibility index (Phi) is 2.55.